The van der Waals surface area contributed by atoms with Gasteiger partial charge in [0.15, 0.2) is 5.16 Å². The third-order valence-electron chi connectivity index (χ3n) is 5.21. The van der Waals surface area contributed by atoms with Gasteiger partial charge in [0.25, 0.3) is 5.56 Å². The lowest BCUT2D eigenvalue weighted by atomic mass is 9.67. The quantitative estimate of drug-likeness (QED) is 0.601. The molecule has 1 aliphatic heterocycles. The number of benzene rings is 1. The molecule has 2 N–H and O–H groups in total. The number of nitrogens with zero attached hydrogens (tertiary/aromatic N) is 1. The highest BCUT2D eigenvalue weighted by atomic mass is 32.2. The molecule has 7 heteroatoms. The number of Topliss-reactive ketones (excluding diaryl/α,β-unsaturated/α-hetero) is 1. The Morgan fingerprint density at radius 1 is 1.21 bits per heavy atom. The predicted octanol–water partition coefficient (Wildman–Crippen LogP) is 4.08. The molecular weight excluding hydrogens is 377 g/mol. The average molecular weight is 399 g/mol. The number of anilines is 1. The largest absolute Gasteiger partial charge is 0.343 e. The van der Waals surface area contributed by atoms with Crippen molar-refractivity contribution in [3.63, 3.8) is 0 Å². The minimum atomic E-state index is -0.501. The highest BCUT2D eigenvalue weighted by molar-refractivity contribution is 7.99. The fraction of sp³-hybridized carbons (Fsp3) is 0.381. The number of fused-ring (bicyclic) bond motifs is 2. The number of rotatable bonds is 3. The molecule has 0 saturated heterocycles. The first kappa shape index (κ1) is 18.9. The van der Waals surface area contributed by atoms with Crippen LogP contribution in [0.25, 0.3) is 0 Å². The van der Waals surface area contributed by atoms with Crippen LogP contribution in [-0.2, 0) is 4.79 Å². The van der Waals surface area contributed by atoms with Crippen LogP contribution in [-0.4, -0.2) is 21.5 Å². The van der Waals surface area contributed by atoms with Gasteiger partial charge in [-0.1, -0.05) is 50.7 Å². The molecule has 0 amide bonds. The number of carbonyl (C=O) groups excluding carboxylic acids is 1. The maximum absolute atomic E-state index is 13.5. The fourth-order valence-corrected chi connectivity index (χ4v) is 4.75. The number of H-pyrrole nitrogens is 1. The fourth-order valence-electron chi connectivity index (χ4n) is 4.16. The van der Waals surface area contributed by atoms with E-state index in [4.69, 9.17) is 0 Å². The summed E-state index contributed by atoms with van der Waals surface area (Å²) < 4.78 is 13.5. The van der Waals surface area contributed by atoms with Crippen LogP contribution in [0, 0.1) is 17.2 Å². The van der Waals surface area contributed by atoms with Gasteiger partial charge < -0.3 is 10.3 Å². The van der Waals surface area contributed by atoms with Gasteiger partial charge in [0.2, 0.25) is 0 Å². The average Bonchev–Trinajstić information content (AvgIpc) is 2.60. The van der Waals surface area contributed by atoms with Gasteiger partial charge in [-0.3, -0.25) is 9.59 Å². The van der Waals surface area contributed by atoms with E-state index in [2.05, 4.69) is 21.4 Å². The van der Waals surface area contributed by atoms with Crippen LogP contribution in [0.5, 0.6) is 0 Å². The Hall–Kier alpha value is -2.41. The van der Waals surface area contributed by atoms with Crippen LogP contribution in [0.15, 0.2) is 46.0 Å². The molecule has 2 atom stereocenters. The molecular formula is C21H22FN3O2S. The normalized spacial score (nSPS) is 22.7. The second-order valence-electron chi connectivity index (χ2n) is 7.93. The Labute approximate surface area is 166 Å². The maximum atomic E-state index is 13.5. The number of nitrogens with one attached hydrogen (secondary N) is 2. The summed E-state index contributed by atoms with van der Waals surface area (Å²) in [6, 6.07) is 6.02. The summed E-state index contributed by atoms with van der Waals surface area (Å²) in [6.07, 6.45) is 2.46. The van der Waals surface area contributed by atoms with Gasteiger partial charge in [0, 0.05) is 18.0 Å². The van der Waals surface area contributed by atoms with Crippen LogP contribution in [0.4, 0.5) is 10.2 Å². The van der Waals surface area contributed by atoms with E-state index in [1.165, 1.54) is 23.9 Å². The number of thioether (sulfide) groups is 1. The van der Waals surface area contributed by atoms with E-state index in [9.17, 15) is 14.0 Å². The molecule has 1 aromatic carbocycles. The van der Waals surface area contributed by atoms with Crippen LogP contribution < -0.4 is 10.9 Å². The number of ketones is 1. The van der Waals surface area contributed by atoms with Gasteiger partial charge in [0.1, 0.15) is 17.4 Å². The van der Waals surface area contributed by atoms with Gasteiger partial charge in [-0.25, -0.2) is 9.37 Å². The lowest BCUT2D eigenvalue weighted by molar-refractivity contribution is -0.124. The van der Waals surface area contributed by atoms with Crippen LogP contribution in [0.2, 0.25) is 0 Å². The summed E-state index contributed by atoms with van der Waals surface area (Å²) in [7, 11) is 0. The summed E-state index contributed by atoms with van der Waals surface area (Å²) in [4.78, 5) is 33.5. The van der Waals surface area contributed by atoms with Gasteiger partial charge >= 0.3 is 0 Å². The third kappa shape index (κ3) is 3.28. The minimum Gasteiger partial charge on any atom is -0.343 e. The molecule has 2 aliphatic rings. The third-order valence-corrected chi connectivity index (χ3v) is 5.96. The number of hydrogen-bond acceptors (Lipinski definition) is 5. The molecule has 0 unspecified atom stereocenters. The smallest absolute Gasteiger partial charge is 0.257 e. The van der Waals surface area contributed by atoms with Gasteiger partial charge in [-0.2, -0.15) is 0 Å². The first-order valence-corrected chi connectivity index (χ1v) is 10.3. The molecule has 2 heterocycles. The van der Waals surface area contributed by atoms with Crippen molar-refractivity contribution in [1.82, 2.24) is 9.97 Å². The standard InChI is InChI=1S/C21H22FN3O2S/c1-4-28-20-24-18-17(19(27)25-20)15(11-5-7-12(22)8-6-11)16-13(23-18)9-21(2,3)10-14(16)26/h5-9,15-16H,4,10H2,1-3H3,(H2,23,24,25,27)/t15-,16-/m1/s1. The SMILES string of the molecule is CCSc1nc2c(c(=O)[nH]1)[C@H](c1ccc(F)cc1)[C@H]1C(=O)CC(C)(C)C=C1N2. The van der Waals surface area contributed by atoms with E-state index in [-0.39, 0.29) is 22.6 Å². The molecule has 5 nitrogen and oxygen atoms in total. The topological polar surface area (TPSA) is 74.8 Å². The van der Waals surface area contributed by atoms with Gasteiger partial charge in [0.05, 0.1) is 11.5 Å². The number of carbonyl (C=O) groups is 1. The van der Waals surface area contributed by atoms with E-state index >= 15 is 0 Å². The molecule has 4 rings (SSSR count). The van der Waals surface area contributed by atoms with E-state index in [1.54, 1.807) is 12.1 Å². The molecule has 0 fully saturated rings. The molecule has 0 saturated carbocycles. The van der Waals surface area contributed by atoms with Crippen molar-refractivity contribution in [2.75, 3.05) is 11.1 Å². The number of hydrogen-bond donors (Lipinski definition) is 2. The Balaban J connectivity index is 1.95. The molecule has 1 aromatic heterocycles. The highest BCUT2D eigenvalue weighted by Crippen LogP contribution is 2.47. The van der Waals surface area contributed by atoms with E-state index < -0.39 is 11.8 Å². The molecule has 28 heavy (non-hydrogen) atoms. The number of halogens is 1. The van der Waals surface area contributed by atoms with E-state index in [1.807, 2.05) is 20.8 Å². The maximum Gasteiger partial charge on any atom is 0.257 e. The number of aromatic amines is 1. The van der Waals surface area contributed by atoms with Crippen molar-refractivity contribution in [1.29, 1.82) is 0 Å². The van der Waals surface area contributed by atoms with Crippen molar-refractivity contribution in [2.24, 2.45) is 11.3 Å². The lowest BCUT2D eigenvalue weighted by Crippen LogP contribution is -2.41. The highest BCUT2D eigenvalue weighted by Gasteiger charge is 2.45. The van der Waals surface area contributed by atoms with Crippen molar-refractivity contribution < 1.29 is 9.18 Å². The van der Waals surface area contributed by atoms with Crippen molar-refractivity contribution in [3.05, 3.63) is 63.3 Å². The molecule has 1 aliphatic carbocycles. The van der Waals surface area contributed by atoms with Gasteiger partial charge in [-0.15, -0.1) is 0 Å². The van der Waals surface area contributed by atoms with Crippen LogP contribution in [0.3, 0.4) is 0 Å². The van der Waals surface area contributed by atoms with E-state index in [0.29, 0.717) is 23.0 Å². The van der Waals surface area contributed by atoms with Crippen LogP contribution >= 0.6 is 11.8 Å². The zero-order valence-corrected chi connectivity index (χ0v) is 16.8. The summed E-state index contributed by atoms with van der Waals surface area (Å²) in [5.74, 6) is -0.0305. The van der Waals surface area contributed by atoms with Crippen molar-refractivity contribution >= 4 is 23.4 Å². The molecule has 0 spiro atoms. The summed E-state index contributed by atoms with van der Waals surface area (Å²) in [5.41, 5.74) is 1.40. The minimum absolute atomic E-state index is 0.0707. The Morgan fingerprint density at radius 2 is 1.93 bits per heavy atom. The molecule has 0 bridgehead atoms. The Morgan fingerprint density at radius 3 is 2.61 bits per heavy atom. The Bertz CT molecular complexity index is 1030. The number of aromatic nitrogens is 2. The predicted molar refractivity (Wildman–Crippen MR) is 108 cm³/mol. The zero-order valence-electron chi connectivity index (χ0n) is 16.0. The lowest BCUT2D eigenvalue weighted by Gasteiger charge is -2.40. The van der Waals surface area contributed by atoms with Crippen molar-refractivity contribution in [3.8, 4) is 0 Å². The zero-order chi connectivity index (χ0) is 20.1. The monoisotopic (exact) mass is 399 g/mol. The van der Waals surface area contributed by atoms with E-state index in [0.717, 1.165) is 17.0 Å². The second-order valence-corrected chi connectivity index (χ2v) is 9.18. The first-order valence-electron chi connectivity index (χ1n) is 9.34. The molecule has 0 radical (unpaired) electrons. The van der Waals surface area contributed by atoms with Gasteiger partial charge in [-0.05, 0) is 28.9 Å². The number of allylic oxidation sites excluding steroid dienone is 2. The molecule has 2 aromatic rings. The summed E-state index contributed by atoms with van der Waals surface area (Å²) in [5, 5.41) is 3.80. The first-order chi connectivity index (χ1) is 13.3. The van der Waals surface area contributed by atoms with Crippen molar-refractivity contribution in [2.45, 2.75) is 38.3 Å². The second kappa shape index (κ2) is 6.88. The molecule has 146 valence electrons. The Kier molecular flexibility index (Phi) is 4.65. The summed E-state index contributed by atoms with van der Waals surface area (Å²) in [6.45, 7) is 6.02. The summed E-state index contributed by atoms with van der Waals surface area (Å²) >= 11 is 1.45. The van der Waals surface area contributed by atoms with Crippen LogP contribution in [0.1, 0.15) is 44.2 Å².